The molecule has 18 heavy (non-hydrogen) atoms. The number of methoxy groups -OCH3 is 1. The molecule has 1 N–H and O–H groups in total. The molecule has 0 aliphatic heterocycles. The second-order valence-corrected chi connectivity index (χ2v) is 4.44. The van der Waals surface area contributed by atoms with Gasteiger partial charge in [0.2, 0.25) is 0 Å². The van der Waals surface area contributed by atoms with E-state index in [1.807, 2.05) is 12.1 Å². The van der Waals surface area contributed by atoms with E-state index in [1.165, 1.54) is 18.4 Å². The van der Waals surface area contributed by atoms with Crippen LogP contribution >= 0.6 is 0 Å². The highest BCUT2D eigenvalue weighted by molar-refractivity contribution is 5.43. The van der Waals surface area contributed by atoms with E-state index < -0.39 is 0 Å². The lowest BCUT2D eigenvalue weighted by Crippen LogP contribution is -2.15. The van der Waals surface area contributed by atoms with E-state index in [0.717, 1.165) is 18.0 Å². The van der Waals surface area contributed by atoms with Gasteiger partial charge in [0.15, 0.2) is 11.5 Å². The summed E-state index contributed by atoms with van der Waals surface area (Å²) in [6.45, 7) is 1.40. The third-order valence-electron chi connectivity index (χ3n) is 2.90. The van der Waals surface area contributed by atoms with E-state index in [-0.39, 0.29) is 0 Å². The zero-order chi connectivity index (χ0) is 12.8. The van der Waals surface area contributed by atoms with Crippen LogP contribution in [0.15, 0.2) is 18.2 Å². The van der Waals surface area contributed by atoms with Crippen LogP contribution < -0.4 is 14.8 Å². The molecule has 3 nitrogen and oxygen atoms in total. The van der Waals surface area contributed by atoms with Crippen LogP contribution in [-0.4, -0.2) is 19.8 Å². The van der Waals surface area contributed by atoms with Gasteiger partial charge in [-0.2, -0.15) is 0 Å². The third kappa shape index (κ3) is 3.68. The van der Waals surface area contributed by atoms with Crippen molar-refractivity contribution in [3.8, 4) is 23.8 Å². The quantitative estimate of drug-likeness (QED) is 0.591. The number of ether oxygens (including phenoxy) is 2. The summed E-state index contributed by atoms with van der Waals surface area (Å²) in [6.07, 6.45) is 8.39. The molecular weight excluding hydrogens is 226 g/mol. The zero-order valence-corrected chi connectivity index (χ0v) is 10.7. The predicted octanol–water partition coefficient (Wildman–Crippen LogP) is 2.35. The maximum absolute atomic E-state index is 5.57. The Hall–Kier alpha value is -1.66. The average molecular weight is 245 g/mol. The fraction of sp³-hybridized carbons (Fsp3) is 0.467. The molecule has 0 amide bonds. The molecule has 1 aromatic carbocycles. The Kier molecular flexibility index (Phi) is 4.49. The number of benzene rings is 1. The van der Waals surface area contributed by atoms with Crippen LogP contribution in [0.1, 0.15) is 24.8 Å². The minimum absolute atomic E-state index is 0.520. The molecule has 0 radical (unpaired) electrons. The van der Waals surface area contributed by atoms with Crippen molar-refractivity contribution in [2.75, 3.05) is 13.7 Å². The van der Waals surface area contributed by atoms with E-state index in [4.69, 9.17) is 15.9 Å². The first-order valence-electron chi connectivity index (χ1n) is 6.30. The van der Waals surface area contributed by atoms with Crippen LogP contribution in [0.25, 0.3) is 0 Å². The highest BCUT2D eigenvalue weighted by Gasteiger charge is 2.20. The van der Waals surface area contributed by atoms with Crippen molar-refractivity contribution >= 4 is 0 Å². The summed E-state index contributed by atoms with van der Waals surface area (Å²) in [5.74, 6) is 4.07. The summed E-state index contributed by atoms with van der Waals surface area (Å²) in [5.41, 5.74) is 1.21. The molecule has 0 heterocycles. The number of hydrogen-bond acceptors (Lipinski definition) is 3. The van der Waals surface area contributed by atoms with Gasteiger partial charge in [-0.05, 0) is 30.5 Å². The second kappa shape index (κ2) is 6.32. The van der Waals surface area contributed by atoms with Crippen LogP contribution in [-0.2, 0) is 6.54 Å². The van der Waals surface area contributed by atoms with Gasteiger partial charge in [0, 0.05) is 19.0 Å². The molecule has 0 unspecified atom stereocenters. The summed E-state index contributed by atoms with van der Waals surface area (Å²) in [5, 5.41) is 3.47. The summed E-state index contributed by atoms with van der Waals surface area (Å²) < 4.78 is 10.9. The van der Waals surface area contributed by atoms with Gasteiger partial charge in [-0.1, -0.05) is 6.07 Å². The zero-order valence-electron chi connectivity index (χ0n) is 10.7. The van der Waals surface area contributed by atoms with Gasteiger partial charge in [-0.15, -0.1) is 12.3 Å². The van der Waals surface area contributed by atoms with Crippen molar-refractivity contribution in [1.29, 1.82) is 0 Å². The van der Waals surface area contributed by atoms with Gasteiger partial charge in [-0.3, -0.25) is 0 Å². The van der Waals surface area contributed by atoms with Gasteiger partial charge >= 0.3 is 0 Å². The minimum Gasteiger partial charge on any atom is -0.493 e. The fourth-order valence-electron chi connectivity index (χ4n) is 1.71. The van der Waals surface area contributed by atoms with Crippen molar-refractivity contribution in [2.24, 2.45) is 0 Å². The Labute approximate surface area is 108 Å². The first-order chi connectivity index (χ1) is 8.83. The highest BCUT2D eigenvalue weighted by atomic mass is 16.5. The maximum Gasteiger partial charge on any atom is 0.161 e. The summed E-state index contributed by atoms with van der Waals surface area (Å²) in [6, 6.07) is 6.73. The molecule has 0 bridgehead atoms. The molecule has 0 saturated heterocycles. The first kappa shape index (κ1) is 12.8. The van der Waals surface area contributed by atoms with Crippen LogP contribution in [0.4, 0.5) is 0 Å². The van der Waals surface area contributed by atoms with Crippen LogP contribution in [0, 0.1) is 12.3 Å². The molecule has 3 heteroatoms. The Morgan fingerprint density at radius 3 is 2.89 bits per heavy atom. The van der Waals surface area contributed by atoms with Gasteiger partial charge < -0.3 is 14.8 Å². The van der Waals surface area contributed by atoms with Gasteiger partial charge in [0.05, 0.1) is 13.7 Å². The van der Waals surface area contributed by atoms with Crippen molar-refractivity contribution in [2.45, 2.75) is 31.8 Å². The predicted molar refractivity (Wildman–Crippen MR) is 71.8 cm³/mol. The van der Waals surface area contributed by atoms with E-state index in [1.54, 1.807) is 7.11 Å². The van der Waals surface area contributed by atoms with Crippen molar-refractivity contribution < 1.29 is 9.47 Å². The van der Waals surface area contributed by atoms with E-state index in [9.17, 15) is 0 Å². The molecule has 0 atom stereocenters. The molecule has 1 aliphatic carbocycles. The smallest absolute Gasteiger partial charge is 0.161 e. The van der Waals surface area contributed by atoms with Gasteiger partial charge in [0.25, 0.3) is 0 Å². The lowest BCUT2D eigenvalue weighted by atomic mass is 10.2. The number of rotatable bonds is 7. The monoisotopic (exact) mass is 245 g/mol. The Morgan fingerprint density at radius 2 is 2.22 bits per heavy atom. The Balaban J connectivity index is 1.95. The first-order valence-corrected chi connectivity index (χ1v) is 6.30. The summed E-state index contributed by atoms with van der Waals surface area (Å²) >= 11 is 0. The lowest BCUT2D eigenvalue weighted by Gasteiger charge is -2.11. The maximum atomic E-state index is 5.57. The molecule has 1 saturated carbocycles. The largest absolute Gasteiger partial charge is 0.493 e. The van der Waals surface area contributed by atoms with Crippen molar-refractivity contribution in [3.05, 3.63) is 23.8 Å². The molecule has 1 aliphatic rings. The molecule has 1 fully saturated rings. The molecule has 0 spiro atoms. The van der Waals surface area contributed by atoms with E-state index in [0.29, 0.717) is 19.1 Å². The van der Waals surface area contributed by atoms with Gasteiger partial charge in [0.1, 0.15) is 0 Å². The van der Waals surface area contributed by atoms with Crippen molar-refractivity contribution in [1.82, 2.24) is 5.32 Å². The van der Waals surface area contributed by atoms with Crippen LogP contribution in [0.2, 0.25) is 0 Å². The molecule has 96 valence electrons. The number of nitrogens with one attached hydrogen (secondary N) is 1. The Morgan fingerprint density at radius 1 is 1.39 bits per heavy atom. The topological polar surface area (TPSA) is 30.5 Å². The highest BCUT2D eigenvalue weighted by Crippen LogP contribution is 2.28. The molecule has 0 aromatic heterocycles. The number of terminal acetylenes is 1. The standard InChI is InChI=1S/C15H19NO2/c1-3-4-9-18-14-8-5-12(10-15(14)17-2)11-16-13-6-7-13/h1,5,8,10,13,16H,4,6-7,9,11H2,2H3. The van der Waals surface area contributed by atoms with Gasteiger partial charge in [-0.25, -0.2) is 0 Å². The molecule has 2 rings (SSSR count). The normalized spacial score (nSPS) is 14.0. The molecule has 1 aromatic rings. The summed E-state index contributed by atoms with van der Waals surface area (Å²) in [4.78, 5) is 0. The van der Waals surface area contributed by atoms with Crippen LogP contribution in [0.5, 0.6) is 11.5 Å². The third-order valence-corrected chi connectivity index (χ3v) is 2.90. The Bertz CT molecular complexity index is 433. The fourth-order valence-corrected chi connectivity index (χ4v) is 1.71. The van der Waals surface area contributed by atoms with Crippen molar-refractivity contribution in [3.63, 3.8) is 0 Å². The minimum atomic E-state index is 0.520. The SMILES string of the molecule is C#CCCOc1ccc(CNC2CC2)cc1OC. The lowest BCUT2D eigenvalue weighted by molar-refractivity contribution is 0.301. The summed E-state index contributed by atoms with van der Waals surface area (Å²) in [7, 11) is 1.65. The molecular formula is C15H19NO2. The van der Waals surface area contributed by atoms with Crippen LogP contribution in [0.3, 0.4) is 0 Å². The second-order valence-electron chi connectivity index (χ2n) is 4.44. The van der Waals surface area contributed by atoms with E-state index >= 15 is 0 Å². The average Bonchev–Trinajstić information content (AvgIpc) is 3.21. The van der Waals surface area contributed by atoms with E-state index in [2.05, 4.69) is 17.3 Å². The number of hydrogen-bond donors (Lipinski definition) is 1.